The summed E-state index contributed by atoms with van der Waals surface area (Å²) in [5, 5.41) is 29.9. The van der Waals surface area contributed by atoms with E-state index in [0.29, 0.717) is 39.5 Å². The van der Waals surface area contributed by atoms with Crippen LogP contribution in [0, 0.1) is 11.3 Å². The number of nitrogens with zero attached hydrogens (tertiary/aromatic N) is 6. The second kappa shape index (κ2) is 9.84. The molecule has 3 N–H and O–H groups in total. The molecule has 38 heavy (non-hydrogen) atoms. The average molecular weight is 511 g/mol. The van der Waals surface area contributed by atoms with Crippen molar-refractivity contribution in [2.24, 2.45) is 0 Å². The predicted octanol–water partition coefficient (Wildman–Crippen LogP) is 3.79. The van der Waals surface area contributed by atoms with Crippen molar-refractivity contribution in [1.82, 2.24) is 29.9 Å². The van der Waals surface area contributed by atoms with Gasteiger partial charge >= 0.3 is 0 Å². The number of rotatable bonds is 7. The Labute approximate surface area is 216 Å². The first kappa shape index (κ1) is 24.7. The molecule has 0 spiro atoms. The Morgan fingerprint density at radius 2 is 2.03 bits per heavy atom. The first-order valence-corrected chi connectivity index (χ1v) is 11.7. The molecule has 11 heteroatoms. The van der Waals surface area contributed by atoms with Crippen LogP contribution in [0.25, 0.3) is 27.8 Å². The molecule has 1 unspecified atom stereocenters. The molecule has 5 rings (SSSR count). The largest absolute Gasteiger partial charge is 0.387 e. The van der Waals surface area contributed by atoms with Gasteiger partial charge in [-0.25, -0.2) is 13.9 Å². The maximum absolute atomic E-state index is 14.3. The van der Waals surface area contributed by atoms with E-state index in [4.69, 9.17) is 5.26 Å². The third kappa shape index (κ3) is 4.98. The fraction of sp³-hybridized carbons (Fsp3) is 0.185. The van der Waals surface area contributed by atoms with Crippen LogP contribution >= 0.6 is 0 Å². The lowest BCUT2D eigenvalue weighted by molar-refractivity contribution is -0.00177. The fourth-order valence-electron chi connectivity index (χ4n) is 3.83. The molecule has 1 amide bonds. The second-order valence-corrected chi connectivity index (χ2v) is 9.25. The Kier molecular flexibility index (Phi) is 6.40. The molecule has 0 fully saturated rings. The topological polar surface area (TPSA) is 141 Å². The molecular weight excluding hydrogens is 487 g/mol. The average Bonchev–Trinajstić information content (AvgIpc) is 3.34. The van der Waals surface area contributed by atoms with E-state index < -0.39 is 17.7 Å². The molecule has 190 valence electrons. The molecule has 5 aromatic rings. The van der Waals surface area contributed by atoms with E-state index in [1.165, 1.54) is 26.2 Å². The number of halogens is 1. The number of alkyl halides is 1. The van der Waals surface area contributed by atoms with Gasteiger partial charge in [-0.1, -0.05) is 0 Å². The summed E-state index contributed by atoms with van der Waals surface area (Å²) in [5.41, 5.74) is 1.95. The van der Waals surface area contributed by atoms with Crippen molar-refractivity contribution >= 4 is 33.8 Å². The third-order valence-electron chi connectivity index (χ3n) is 6.00. The number of aromatic nitrogens is 5. The van der Waals surface area contributed by atoms with Crippen LogP contribution in [0.5, 0.6) is 0 Å². The Balaban J connectivity index is 1.53. The van der Waals surface area contributed by atoms with Crippen LogP contribution in [0.3, 0.4) is 0 Å². The van der Waals surface area contributed by atoms with Gasteiger partial charge < -0.3 is 15.7 Å². The van der Waals surface area contributed by atoms with Gasteiger partial charge in [-0.15, -0.1) is 0 Å². The van der Waals surface area contributed by atoms with Gasteiger partial charge in [0.25, 0.3) is 5.91 Å². The Morgan fingerprint density at radius 1 is 1.18 bits per heavy atom. The highest BCUT2D eigenvalue weighted by atomic mass is 19.1. The molecule has 0 saturated carbocycles. The second-order valence-electron chi connectivity index (χ2n) is 9.25. The lowest BCUT2D eigenvalue weighted by Gasteiger charge is -2.22. The van der Waals surface area contributed by atoms with Gasteiger partial charge in [-0.05, 0) is 56.3 Å². The molecule has 0 aliphatic rings. The first-order chi connectivity index (χ1) is 18.2. The molecule has 0 radical (unpaired) electrons. The van der Waals surface area contributed by atoms with Crippen LogP contribution in [0.15, 0.2) is 67.3 Å². The number of fused-ring (bicyclic) bond motifs is 2. The minimum absolute atomic E-state index is 0.161. The number of aliphatic hydroxyl groups is 1. The van der Waals surface area contributed by atoms with Gasteiger partial charge in [-0.3, -0.25) is 14.8 Å². The van der Waals surface area contributed by atoms with Gasteiger partial charge in [-0.2, -0.15) is 10.4 Å². The highest BCUT2D eigenvalue weighted by molar-refractivity contribution is 6.00. The van der Waals surface area contributed by atoms with Crippen molar-refractivity contribution in [3.8, 4) is 17.5 Å². The van der Waals surface area contributed by atoms with Crippen molar-refractivity contribution in [3.05, 3.63) is 78.4 Å². The van der Waals surface area contributed by atoms with Crippen LogP contribution in [0.2, 0.25) is 0 Å². The SMILES string of the molecule is CC(C)(O)C(F)CNC(=O)c1cnc(-c2ccc3cc(C#N)cnn23)cc1Nc1ccc2cnccc2n1. The maximum Gasteiger partial charge on any atom is 0.255 e. The summed E-state index contributed by atoms with van der Waals surface area (Å²) in [6.45, 7) is 2.30. The van der Waals surface area contributed by atoms with E-state index in [9.17, 15) is 14.3 Å². The number of anilines is 2. The molecule has 0 aliphatic carbocycles. The monoisotopic (exact) mass is 510 g/mol. The van der Waals surface area contributed by atoms with E-state index in [1.807, 2.05) is 18.2 Å². The van der Waals surface area contributed by atoms with E-state index in [2.05, 4.69) is 36.8 Å². The smallest absolute Gasteiger partial charge is 0.255 e. The zero-order valence-corrected chi connectivity index (χ0v) is 20.6. The molecule has 0 bridgehead atoms. The summed E-state index contributed by atoms with van der Waals surface area (Å²) in [4.78, 5) is 26.2. The quantitative estimate of drug-likeness (QED) is 0.300. The standard InChI is InChI=1S/C27H23FN8O2/c1-27(2,38)24(28)15-32-26(37)19-14-31-22(23-5-4-18-9-16(11-29)12-33-36(18)23)10-21(19)35-25-6-3-17-13-30-8-7-20(17)34-25/h3-10,12-14,24,38H,15H2,1-2H3,(H,32,37)(H,31,34,35). The Bertz CT molecular complexity index is 1700. The number of carbonyl (C=O) groups is 1. The molecule has 1 atom stereocenters. The fourth-order valence-corrected chi connectivity index (χ4v) is 3.83. The number of pyridine rings is 3. The summed E-state index contributed by atoms with van der Waals surface area (Å²) in [6, 6.07) is 14.5. The summed E-state index contributed by atoms with van der Waals surface area (Å²) < 4.78 is 15.9. The van der Waals surface area contributed by atoms with E-state index >= 15 is 0 Å². The van der Waals surface area contributed by atoms with Crippen molar-refractivity contribution in [3.63, 3.8) is 0 Å². The van der Waals surface area contributed by atoms with Crippen LogP contribution in [0.4, 0.5) is 15.9 Å². The number of nitrogens with one attached hydrogen (secondary N) is 2. The molecule has 5 aromatic heterocycles. The van der Waals surface area contributed by atoms with Crippen molar-refractivity contribution < 1.29 is 14.3 Å². The highest BCUT2D eigenvalue weighted by Crippen LogP contribution is 2.28. The maximum atomic E-state index is 14.3. The number of hydrogen-bond acceptors (Lipinski definition) is 8. The van der Waals surface area contributed by atoms with Crippen LogP contribution < -0.4 is 10.6 Å². The van der Waals surface area contributed by atoms with E-state index in [1.54, 1.807) is 41.2 Å². The molecule has 5 heterocycles. The minimum Gasteiger partial charge on any atom is -0.387 e. The van der Waals surface area contributed by atoms with E-state index in [-0.39, 0.29) is 12.1 Å². The Hall–Kier alpha value is -4.95. The normalized spacial score (nSPS) is 12.3. The first-order valence-electron chi connectivity index (χ1n) is 11.7. The van der Waals surface area contributed by atoms with Gasteiger partial charge in [0.15, 0.2) is 0 Å². The zero-order valence-electron chi connectivity index (χ0n) is 20.6. The van der Waals surface area contributed by atoms with Gasteiger partial charge in [0, 0.05) is 24.0 Å². The lowest BCUT2D eigenvalue weighted by Crippen LogP contribution is -2.42. The number of carbonyl (C=O) groups excluding carboxylic acids is 1. The van der Waals surface area contributed by atoms with Gasteiger partial charge in [0.05, 0.1) is 57.6 Å². The summed E-state index contributed by atoms with van der Waals surface area (Å²) in [5.74, 6) is -0.0909. The highest BCUT2D eigenvalue weighted by Gasteiger charge is 2.27. The van der Waals surface area contributed by atoms with Crippen molar-refractivity contribution in [1.29, 1.82) is 5.26 Å². The molecule has 0 saturated heterocycles. The van der Waals surface area contributed by atoms with Gasteiger partial charge in [0.2, 0.25) is 0 Å². The van der Waals surface area contributed by atoms with Crippen LogP contribution in [0.1, 0.15) is 29.8 Å². The molecular formula is C27H23FN8O2. The summed E-state index contributed by atoms with van der Waals surface area (Å²) in [7, 11) is 0. The molecule has 0 aliphatic heterocycles. The van der Waals surface area contributed by atoms with Gasteiger partial charge in [0.1, 0.15) is 18.1 Å². The van der Waals surface area contributed by atoms with Crippen LogP contribution in [-0.4, -0.2) is 53.9 Å². The van der Waals surface area contributed by atoms with Crippen LogP contribution in [-0.2, 0) is 0 Å². The van der Waals surface area contributed by atoms with E-state index in [0.717, 1.165) is 5.39 Å². The molecule has 0 aromatic carbocycles. The molecule has 10 nitrogen and oxygen atoms in total. The van der Waals surface area contributed by atoms with Crippen molar-refractivity contribution in [2.75, 3.05) is 11.9 Å². The predicted molar refractivity (Wildman–Crippen MR) is 139 cm³/mol. The lowest BCUT2D eigenvalue weighted by atomic mass is 10.0. The minimum atomic E-state index is -1.66. The third-order valence-corrected chi connectivity index (χ3v) is 6.00. The number of amides is 1. The zero-order chi connectivity index (χ0) is 26.9. The summed E-state index contributed by atoms with van der Waals surface area (Å²) in [6.07, 6.45) is 4.52. The number of hydrogen-bond donors (Lipinski definition) is 3. The Morgan fingerprint density at radius 3 is 2.82 bits per heavy atom. The van der Waals surface area contributed by atoms with Crippen molar-refractivity contribution in [2.45, 2.75) is 25.6 Å². The summed E-state index contributed by atoms with van der Waals surface area (Å²) >= 11 is 0. The number of nitriles is 1.